The van der Waals surface area contributed by atoms with Crippen LogP contribution in [0.25, 0.3) is 0 Å². The zero-order valence-electron chi connectivity index (χ0n) is 12.7. The van der Waals surface area contributed by atoms with Crippen LogP contribution in [-0.4, -0.2) is 17.1 Å². The first-order valence-electron chi connectivity index (χ1n) is 6.56. The Bertz CT molecular complexity index is 699. The van der Waals surface area contributed by atoms with Gasteiger partial charge in [-0.3, -0.25) is 0 Å². The largest absolute Gasteiger partial charge is 0.495 e. The van der Waals surface area contributed by atoms with Crippen molar-refractivity contribution in [3.63, 3.8) is 0 Å². The fourth-order valence-corrected chi connectivity index (χ4v) is 2.43. The molecule has 2 rings (SSSR count). The molecule has 2 aromatic rings. The van der Waals surface area contributed by atoms with Gasteiger partial charge < -0.3 is 10.1 Å². The number of aromatic nitrogens is 2. The van der Waals surface area contributed by atoms with Crippen molar-refractivity contribution in [2.75, 3.05) is 12.4 Å². The number of hydrogen-bond donors (Lipinski definition) is 1. The van der Waals surface area contributed by atoms with Gasteiger partial charge in [0, 0.05) is 17.5 Å². The van der Waals surface area contributed by atoms with Crippen LogP contribution in [0.15, 0.2) is 18.2 Å². The van der Waals surface area contributed by atoms with Gasteiger partial charge in [-0.05, 0) is 6.07 Å². The molecule has 22 heavy (non-hydrogen) atoms. The topological polar surface area (TPSA) is 47.0 Å². The van der Waals surface area contributed by atoms with E-state index in [0.29, 0.717) is 38.3 Å². The van der Waals surface area contributed by atoms with E-state index in [-0.39, 0.29) is 5.41 Å². The highest BCUT2D eigenvalue weighted by atomic mass is 35.5. The van der Waals surface area contributed by atoms with E-state index in [9.17, 15) is 0 Å². The maximum absolute atomic E-state index is 6.20. The van der Waals surface area contributed by atoms with Crippen molar-refractivity contribution in [2.45, 2.75) is 26.2 Å². The molecule has 118 valence electrons. The minimum Gasteiger partial charge on any atom is -0.495 e. The van der Waals surface area contributed by atoms with Crippen LogP contribution in [0.2, 0.25) is 15.2 Å². The van der Waals surface area contributed by atoms with E-state index in [1.54, 1.807) is 18.2 Å². The molecule has 0 spiro atoms. The number of benzene rings is 1. The molecule has 1 aromatic carbocycles. The van der Waals surface area contributed by atoms with Crippen molar-refractivity contribution in [3.05, 3.63) is 39.2 Å². The van der Waals surface area contributed by atoms with Crippen LogP contribution >= 0.6 is 34.8 Å². The molecule has 4 nitrogen and oxygen atoms in total. The smallest absolute Gasteiger partial charge is 0.139 e. The van der Waals surface area contributed by atoms with Crippen LogP contribution in [0, 0.1) is 0 Å². The summed E-state index contributed by atoms with van der Waals surface area (Å²) >= 11 is 18.3. The van der Waals surface area contributed by atoms with Crippen molar-refractivity contribution in [1.29, 1.82) is 0 Å². The Hall–Kier alpha value is -1.23. The number of hydrogen-bond acceptors (Lipinski definition) is 4. The lowest BCUT2D eigenvalue weighted by molar-refractivity contribution is 0.415. The lowest BCUT2D eigenvalue weighted by Gasteiger charge is -2.18. The minimum atomic E-state index is -0.219. The molecule has 0 atom stereocenters. The van der Waals surface area contributed by atoms with Crippen molar-refractivity contribution < 1.29 is 4.74 Å². The van der Waals surface area contributed by atoms with Gasteiger partial charge in [-0.1, -0.05) is 55.6 Å². The van der Waals surface area contributed by atoms with Gasteiger partial charge in [0.15, 0.2) is 0 Å². The maximum Gasteiger partial charge on any atom is 0.139 e. The fourth-order valence-electron chi connectivity index (χ4n) is 1.74. The quantitative estimate of drug-likeness (QED) is 0.736. The van der Waals surface area contributed by atoms with E-state index in [1.807, 2.05) is 20.8 Å². The summed E-state index contributed by atoms with van der Waals surface area (Å²) in [4.78, 5) is 8.73. The van der Waals surface area contributed by atoms with Gasteiger partial charge in [-0.15, -0.1) is 0 Å². The van der Waals surface area contributed by atoms with Gasteiger partial charge in [-0.2, -0.15) is 0 Å². The summed E-state index contributed by atoms with van der Waals surface area (Å²) in [6, 6.07) is 4.95. The van der Waals surface area contributed by atoms with Crippen LogP contribution in [0.4, 0.5) is 11.5 Å². The van der Waals surface area contributed by atoms with E-state index >= 15 is 0 Å². The van der Waals surface area contributed by atoms with Crippen LogP contribution in [0.5, 0.6) is 5.75 Å². The standard InChI is InChI=1S/C15H16Cl3N3O/c1-15(2,3)14-20-12(18)7-13(21-14)19-10-6-11(22-4)9(17)5-8(10)16/h5-7H,1-4H3,(H,19,20,21). The lowest BCUT2D eigenvalue weighted by atomic mass is 9.96. The molecule has 0 aliphatic carbocycles. The summed E-state index contributed by atoms with van der Waals surface area (Å²) in [5, 5.41) is 4.38. The molecule has 0 saturated heterocycles. The number of halogens is 3. The van der Waals surface area contributed by atoms with Gasteiger partial charge in [0.2, 0.25) is 0 Å². The third-order valence-electron chi connectivity index (χ3n) is 2.87. The Morgan fingerprint density at radius 2 is 1.68 bits per heavy atom. The van der Waals surface area contributed by atoms with Crippen molar-refractivity contribution in [3.8, 4) is 5.75 Å². The molecule has 0 aliphatic heterocycles. The van der Waals surface area contributed by atoms with E-state index in [2.05, 4.69) is 15.3 Å². The third-order valence-corrected chi connectivity index (χ3v) is 3.67. The van der Waals surface area contributed by atoms with E-state index < -0.39 is 0 Å². The van der Waals surface area contributed by atoms with Crippen molar-refractivity contribution >= 4 is 46.3 Å². The second-order valence-electron chi connectivity index (χ2n) is 5.74. The fraction of sp³-hybridized carbons (Fsp3) is 0.333. The summed E-state index contributed by atoms with van der Waals surface area (Å²) in [6.07, 6.45) is 0. The highest BCUT2D eigenvalue weighted by Crippen LogP contribution is 2.35. The molecule has 0 saturated carbocycles. The SMILES string of the molecule is COc1cc(Nc2cc(Cl)nc(C(C)(C)C)n2)c(Cl)cc1Cl. The summed E-state index contributed by atoms with van der Waals surface area (Å²) in [5.74, 6) is 1.71. The average molecular weight is 361 g/mol. The zero-order valence-corrected chi connectivity index (χ0v) is 14.9. The van der Waals surface area contributed by atoms with Crippen LogP contribution in [0.1, 0.15) is 26.6 Å². The molecular weight excluding hydrogens is 345 g/mol. The second-order valence-corrected chi connectivity index (χ2v) is 6.94. The maximum atomic E-state index is 6.20. The zero-order chi connectivity index (χ0) is 16.5. The Morgan fingerprint density at radius 1 is 1.00 bits per heavy atom. The lowest BCUT2D eigenvalue weighted by Crippen LogP contribution is -2.16. The monoisotopic (exact) mass is 359 g/mol. The summed E-state index contributed by atoms with van der Waals surface area (Å²) < 4.78 is 5.19. The number of nitrogens with one attached hydrogen (secondary N) is 1. The number of ether oxygens (including phenoxy) is 1. The molecular formula is C15H16Cl3N3O. The first-order chi connectivity index (χ1) is 10.2. The summed E-state index contributed by atoms with van der Waals surface area (Å²) in [5.41, 5.74) is 0.403. The molecule has 0 unspecified atom stereocenters. The molecule has 0 radical (unpaired) electrons. The molecule has 0 amide bonds. The third kappa shape index (κ3) is 3.94. The highest BCUT2D eigenvalue weighted by molar-refractivity contribution is 6.37. The first-order valence-corrected chi connectivity index (χ1v) is 7.69. The second kappa shape index (κ2) is 6.49. The van der Waals surface area contributed by atoms with Gasteiger partial charge in [0.1, 0.15) is 22.5 Å². The van der Waals surface area contributed by atoms with Crippen LogP contribution < -0.4 is 10.1 Å². The van der Waals surface area contributed by atoms with E-state index in [1.165, 1.54) is 7.11 Å². The van der Waals surface area contributed by atoms with E-state index in [0.717, 1.165) is 0 Å². The highest BCUT2D eigenvalue weighted by Gasteiger charge is 2.19. The number of methoxy groups -OCH3 is 1. The molecule has 1 aromatic heterocycles. The van der Waals surface area contributed by atoms with Gasteiger partial charge >= 0.3 is 0 Å². The molecule has 1 heterocycles. The summed E-state index contributed by atoms with van der Waals surface area (Å²) in [7, 11) is 1.54. The van der Waals surface area contributed by atoms with E-state index in [4.69, 9.17) is 39.5 Å². The minimum absolute atomic E-state index is 0.219. The molecule has 0 fully saturated rings. The average Bonchev–Trinajstić information content (AvgIpc) is 2.40. The molecule has 0 bridgehead atoms. The molecule has 0 aliphatic rings. The van der Waals surface area contributed by atoms with Gasteiger partial charge in [0.05, 0.1) is 22.8 Å². The summed E-state index contributed by atoms with van der Waals surface area (Å²) in [6.45, 7) is 6.04. The van der Waals surface area contributed by atoms with Crippen LogP contribution in [-0.2, 0) is 5.41 Å². The normalized spacial score (nSPS) is 11.4. The van der Waals surface area contributed by atoms with Crippen LogP contribution in [0.3, 0.4) is 0 Å². The van der Waals surface area contributed by atoms with Crippen molar-refractivity contribution in [2.24, 2.45) is 0 Å². The number of rotatable bonds is 3. The predicted octanol–water partition coefficient (Wildman–Crippen LogP) is 5.49. The molecule has 1 N–H and O–H groups in total. The number of nitrogens with zero attached hydrogens (tertiary/aromatic N) is 2. The molecule has 7 heteroatoms. The van der Waals surface area contributed by atoms with Crippen molar-refractivity contribution in [1.82, 2.24) is 9.97 Å². The Morgan fingerprint density at radius 3 is 2.27 bits per heavy atom. The van der Waals surface area contributed by atoms with Gasteiger partial charge in [0.25, 0.3) is 0 Å². The Balaban J connectivity index is 2.41. The Labute approximate surface area is 144 Å². The predicted molar refractivity (Wildman–Crippen MR) is 92.0 cm³/mol. The first kappa shape index (κ1) is 17.1. The number of anilines is 2. The van der Waals surface area contributed by atoms with Gasteiger partial charge in [-0.25, -0.2) is 9.97 Å². The Kier molecular flexibility index (Phi) is 5.05.